The molecular formula is C21H30OS. The maximum atomic E-state index is 6.03. The molecule has 0 radical (unpaired) electrons. The number of rotatable bonds is 8. The summed E-state index contributed by atoms with van der Waals surface area (Å²) in [5.41, 5.74) is 0. The molecule has 0 atom stereocenters. The molecule has 23 heavy (non-hydrogen) atoms. The predicted octanol–water partition coefficient (Wildman–Crippen LogP) is 6.29. The summed E-state index contributed by atoms with van der Waals surface area (Å²) in [6, 6.07) is 10.4. The summed E-state index contributed by atoms with van der Waals surface area (Å²) in [7, 11) is 0. The van der Waals surface area contributed by atoms with E-state index in [2.05, 4.69) is 42.4 Å². The molecule has 0 saturated heterocycles. The lowest BCUT2D eigenvalue weighted by molar-refractivity contribution is 0.0210. The lowest BCUT2D eigenvalue weighted by atomic mass is 9.88. The smallest absolute Gasteiger partial charge is 0.0576 e. The van der Waals surface area contributed by atoms with Gasteiger partial charge in [0.25, 0.3) is 0 Å². The van der Waals surface area contributed by atoms with E-state index in [9.17, 15) is 0 Å². The van der Waals surface area contributed by atoms with Crippen LogP contribution < -0.4 is 0 Å². The Bertz CT molecular complexity index is 466. The average molecular weight is 331 g/mol. The lowest BCUT2D eigenvalue weighted by Crippen LogP contribution is -2.21. The van der Waals surface area contributed by atoms with E-state index in [1.807, 2.05) is 6.07 Å². The quantitative estimate of drug-likeness (QED) is 0.315. The highest BCUT2D eigenvalue weighted by atomic mass is 32.2. The average Bonchev–Trinajstić information content (AvgIpc) is 2.60. The summed E-state index contributed by atoms with van der Waals surface area (Å²) in [6.07, 6.45) is 11.8. The van der Waals surface area contributed by atoms with E-state index < -0.39 is 0 Å². The van der Waals surface area contributed by atoms with Gasteiger partial charge in [0.05, 0.1) is 6.10 Å². The molecule has 2 heteroatoms. The topological polar surface area (TPSA) is 9.23 Å². The predicted molar refractivity (Wildman–Crippen MR) is 101 cm³/mol. The molecule has 0 spiro atoms. The second kappa shape index (κ2) is 11.6. The van der Waals surface area contributed by atoms with Gasteiger partial charge in [0.2, 0.25) is 0 Å². The second-order valence-corrected chi connectivity index (χ2v) is 7.30. The van der Waals surface area contributed by atoms with E-state index in [1.165, 1.54) is 62.7 Å². The second-order valence-electron chi connectivity index (χ2n) is 6.42. The van der Waals surface area contributed by atoms with Gasteiger partial charge >= 0.3 is 0 Å². The van der Waals surface area contributed by atoms with Crippen LogP contribution in [0.5, 0.6) is 0 Å². The molecule has 1 aromatic rings. The van der Waals surface area contributed by atoms with E-state index >= 15 is 0 Å². The number of unbranched alkanes of at least 4 members (excludes halogenated alkanes) is 4. The molecule has 0 unspecified atom stereocenters. The van der Waals surface area contributed by atoms with Gasteiger partial charge < -0.3 is 4.74 Å². The van der Waals surface area contributed by atoms with Crippen molar-refractivity contribution >= 4 is 11.8 Å². The van der Waals surface area contributed by atoms with Gasteiger partial charge in [-0.2, -0.15) is 0 Å². The molecule has 1 aromatic carbocycles. The molecule has 2 rings (SSSR count). The molecule has 1 aliphatic rings. The lowest BCUT2D eigenvalue weighted by Gasteiger charge is -2.25. The van der Waals surface area contributed by atoms with Crippen molar-refractivity contribution in [2.24, 2.45) is 5.92 Å². The molecule has 0 N–H and O–H groups in total. The Kier molecular flexibility index (Phi) is 9.29. The van der Waals surface area contributed by atoms with E-state index in [0.717, 1.165) is 6.61 Å². The minimum atomic E-state index is 0.487. The van der Waals surface area contributed by atoms with Crippen LogP contribution in [0.4, 0.5) is 0 Å². The van der Waals surface area contributed by atoms with Crippen molar-refractivity contribution in [1.82, 2.24) is 0 Å². The number of hydrogen-bond donors (Lipinski definition) is 0. The Balaban J connectivity index is 1.55. The molecule has 0 bridgehead atoms. The third-order valence-corrected chi connectivity index (χ3v) is 5.18. The van der Waals surface area contributed by atoms with Gasteiger partial charge in [-0.05, 0) is 61.3 Å². The zero-order valence-electron chi connectivity index (χ0n) is 14.4. The summed E-state index contributed by atoms with van der Waals surface area (Å²) in [6.45, 7) is 3.21. The van der Waals surface area contributed by atoms with Gasteiger partial charge in [-0.25, -0.2) is 0 Å². The van der Waals surface area contributed by atoms with E-state index in [4.69, 9.17) is 4.74 Å². The van der Waals surface area contributed by atoms with Crippen LogP contribution in [0.15, 0.2) is 35.2 Å². The van der Waals surface area contributed by atoms with Gasteiger partial charge in [0.15, 0.2) is 0 Å². The Morgan fingerprint density at radius 3 is 2.48 bits per heavy atom. The first-order valence-corrected chi connectivity index (χ1v) is 10.0. The highest BCUT2D eigenvalue weighted by Crippen LogP contribution is 2.26. The fourth-order valence-corrected chi connectivity index (χ4v) is 3.63. The summed E-state index contributed by atoms with van der Waals surface area (Å²) < 4.78 is 6.03. The Morgan fingerprint density at radius 2 is 1.74 bits per heavy atom. The molecule has 0 heterocycles. The highest BCUT2D eigenvalue weighted by Gasteiger charge is 2.20. The minimum Gasteiger partial charge on any atom is -0.378 e. The minimum absolute atomic E-state index is 0.487. The molecule has 1 aliphatic carbocycles. The van der Waals surface area contributed by atoms with Gasteiger partial charge in [-0.1, -0.05) is 56.7 Å². The van der Waals surface area contributed by atoms with Crippen LogP contribution >= 0.6 is 11.8 Å². The fourth-order valence-electron chi connectivity index (χ4n) is 2.99. The van der Waals surface area contributed by atoms with Crippen LogP contribution in [0.2, 0.25) is 0 Å². The van der Waals surface area contributed by atoms with E-state index in [1.54, 1.807) is 11.8 Å². The standard InChI is InChI=1S/C21H30OS/c1-2-3-4-5-9-17-22-20-14-12-19(13-15-20)16-18-23-21-10-7-6-8-11-21/h6-8,10-11,19-20H,2-5,9,12-15,17H2,1H3. The molecule has 1 nitrogen and oxygen atoms in total. The largest absolute Gasteiger partial charge is 0.378 e. The molecular weight excluding hydrogens is 300 g/mol. The number of thioether (sulfide) groups is 1. The van der Waals surface area contributed by atoms with E-state index in [-0.39, 0.29) is 0 Å². The number of hydrogen-bond acceptors (Lipinski definition) is 2. The van der Waals surface area contributed by atoms with Crippen LogP contribution in [0.3, 0.4) is 0 Å². The Morgan fingerprint density at radius 1 is 1.00 bits per heavy atom. The van der Waals surface area contributed by atoms with Crippen molar-refractivity contribution < 1.29 is 4.74 Å². The van der Waals surface area contributed by atoms with Crippen molar-refractivity contribution in [2.75, 3.05) is 6.61 Å². The van der Waals surface area contributed by atoms with Crippen molar-refractivity contribution in [3.05, 3.63) is 30.3 Å². The first-order valence-electron chi connectivity index (χ1n) is 9.22. The van der Waals surface area contributed by atoms with Gasteiger partial charge in [-0.3, -0.25) is 0 Å². The van der Waals surface area contributed by atoms with Crippen LogP contribution in [-0.2, 0) is 4.74 Å². The van der Waals surface area contributed by atoms with E-state index in [0.29, 0.717) is 12.0 Å². The molecule has 0 amide bonds. The fraction of sp³-hybridized carbons (Fsp3) is 0.619. The van der Waals surface area contributed by atoms with Crippen molar-refractivity contribution in [3.8, 4) is 11.2 Å². The van der Waals surface area contributed by atoms with Gasteiger partial charge in [0.1, 0.15) is 0 Å². The Labute approximate surface area is 146 Å². The normalized spacial score (nSPS) is 20.7. The SMILES string of the molecule is CCCCCCCOC1CCC(C#CSc2ccccc2)CC1. The number of ether oxygens (including phenoxy) is 1. The van der Waals surface area contributed by atoms with Gasteiger partial charge in [0, 0.05) is 17.4 Å². The summed E-state index contributed by atoms with van der Waals surface area (Å²) >= 11 is 1.65. The van der Waals surface area contributed by atoms with Gasteiger partial charge in [-0.15, -0.1) is 0 Å². The van der Waals surface area contributed by atoms with Crippen LogP contribution in [0.1, 0.15) is 64.7 Å². The Hall–Kier alpha value is -0.910. The summed E-state index contributed by atoms with van der Waals surface area (Å²) in [5, 5.41) is 3.28. The summed E-state index contributed by atoms with van der Waals surface area (Å²) in [4.78, 5) is 1.24. The van der Waals surface area contributed by atoms with Crippen molar-refractivity contribution in [2.45, 2.75) is 75.7 Å². The highest BCUT2D eigenvalue weighted by molar-refractivity contribution is 8.03. The molecule has 1 fully saturated rings. The van der Waals surface area contributed by atoms with Crippen molar-refractivity contribution in [1.29, 1.82) is 0 Å². The number of benzene rings is 1. The van der Waals surface area contributed by atoms with Crippen LogP contribution in [0.25, 0.3) is 0 Å². The van der Waals surface area contributed by atoms with Crippen molar-refractivity contribution in [3.63, 3.8) is 0 Å². The van der Waals surface area contributed by atoms with Crippen LogP contribution in [0, 0.1) is 17.1 Å². The zero-order valence-corrected chi connectivity index (χ0v) is 15.2. The van der Waals surface area contributed by atoms with Crippen LogP contribution in [-0.4, -0.2) is 12.7 Å². The molecule has 0 aliphatic heterocycles. The first kappa shape index (κ1) is 18.4. The third-order valence-electron chi connectivity index (χ3n) is 4.45. The maximum Gasteiger partial charge on any atom is 0.0576 e. The first-order chi connectivity index (χ1) is 11.4. The maximum absolute atomic E-state index is 6.03. The summed E-state index contributed by atoms with van der Waals surface area (Å²) in [5.74, 6) is 4.00. The monoisotopic (exact) mass is 330 g/mol. The zero-order chi connectivity index (χ0) is 16.2. The third kappa shape index (κ3) is 7.95. The molecule has 0 aromatic heterocycles. The molecule has 1 saturated carbocycles. The molecule has 126 valence electrons.